The molecule has 0 unspecified atom stereocenters. The van der Waals surface area contributed by atoms with Gasteiger partial charge in [-0.1, -0.05) is 0 Å². The van der Waals surface area contributed by atoms with Gasteiger partial charge in [0.1, 0.15) is 18.0 Å². The molecule has 2 amide bonds. The predicted molar refractivity (Wildman–Crippen MR) is 117 cm³/mol. The molecule has 0 atom stereocenters. The van der Waals surface area contributed by atoms with Crippen molar-refractivity contribution in [1.82, 2.24) is 4.90 Å². The summed E-state index contributed by atoms with van der Waals surface area (Å²) >= 11 is 0. The van der Waals surface area contributed by atoms with Crippen molar-refractivity contribution in [3.05, 3.63) is 64.7 Å². The van der Waals surface area contributed by atoms with Gasteiger partial charge in [-0.05, 0) is 75.2 Å². The molecule has 162 valence electrons. The van der Waals surface area contributed by atoms with Crippen molar-refractivity contribution in [3.63, 3.8) is 0 Å². The van der Waals surface area contributed by atoms with Crippen LogP contribution in [0.4, 0.5) is 5.69 Å². The van der Waals surface area contributed by atoms with E-state index in [1.807, 2.05) is 0 Å². The van der Waals surface area contributed by atoms with Crippen LogP contribution in [0.15, 0.2) is 42.5 Å². The second-order valence-electron chi connectivity index (χ2n) is 8.38. The SMILES string of the molecule is CC(C)(C)OC(=O)CN1CCc2cc(C(=O)Nc3ccc(C(=N)N)cc3)ccc2C1=O. The molecule has 1 aliphatic rings. The number of anilines is 1. The number of fused-ring (bicyclic) bond motifs is 1. The van der Waals surface area contributed by atoms with E-state index in [-0.39, 0.29) is 24.2 Å². The maximum atomic E-state index is 12.8. The van der Waals surface area contributed by atoms with Gasteiger partial charge in [0.05, 0.1) is 0 Å². The lowest BCUT2D eigenvalue weighted by Crippen LogP contribution is -2.42. The average Bonchev–Trinajstić information content (AvgIpc) is 2.69. The molecule has 0 aromatic heterocycles. The number of rotatable bonds is 5. The summed E-state index contributed by atoms with van der Waals surface area (Å²) in [6.45, 7) is 5.62. The van der Waals surface area contributed by atoms with Crippen LogP contribution in [-0.4, -0.2) is 47.2 Å². The van der Waals surface area contributed by atoms with Crippen LogP contribution in [0.2, 0.25) is 0 Å². The van der Waals surface area contributed by atoms with Gasteiger partial charge in [-0.3, -0.25) is 19.8 Å². The van der Waals surface area contributed by atoms with Gasteiger partial charge < -0.3 is 20.7 Å². The molecule has 2 aromatic rings. The van der Waals surface area contributed by atoms with Gasteiger partial charge in [-0.2, -0.15) is 0 Å². The lowest BCUT2D eigenvalue weighted by atomic mass is 9.96. The molecule has 31 heavy (non-hydrogen) atoms. The van der Waals surface area contributed by atoms with E-state index in [0.717, 1.165) is 5.56 Å². The largest absolute Gasteiger partial charge is 0.459 e. The lowest BCUT2D eigenvalue weighted by molar-refractivity contribution is -0.155. The normalized spacial score (nSPS) is 13.4. The standard InChI is InChI=1S/C23H26N4O4/c1-23(2,3)31-19(28)13-27-11-10-15-12-16(6-9-18(15)22(27)30)21(29)26-17-7-4-14(5-8-17)20(24)25/h4-9,12H,10-11,13H2,1-3H3,(H3,24,25)(H,26,29). The minimum atomic E-state index is -0.609. The number of benzene rings is 2. The Kier molecular flexibility index (Phi) is 6.10. The monoisotopic (exact) mass is 422 g/mol. The van der Waals surface area contributed by atoms with E-state index >= 15 is 0 Å². The number of nitrogens with one attached hydrogen (secondary N) is 2. The number of nitrogens with two attached hydrogens (primary N) is 1. The molecule has 1 heterocycles. The molecular weight excluding hydrogens is 396 g/mol. The van der Waals surface area contributed by atoms with Crippen molar-refractivity contribution in [2.45, 2.75) is 32.8 Å². The fraction of sp³-hybridized carbons (Fsp3) is 0.304. The minimum Gasteiger partial charge on any atom is -0.459 e. The van der Waals surface area contributed by atoms with E-state index < -0.39 is 11.6 Å². The fourth-order valence-electron chi connectivity index (χ4n) is 3.29. The van der Waals surface area contributed by atoms with E-state index in [4.69, 9.17) is 15.9 Å². The number of hydrogen-bond donors (Lipinski definition) is 3. The molecule has 3 rings (SSSR count). The molecule has 0 radical (unpaired) electrons. The number of amidine groups is 1. The second-order valence-corrected chi connectivity index (χ2v) is 8.38. The molecule has 0 aliphatic carbocycles. The van der Waals surface area contributed by atoms with Crippen LogP contribution in [-0.2, 0) is 16.0 Å². The third-order valence-corrected chi connectivity index (χ3v) is 4.73. The van der Waals surface area contributed by atoms with E-state index in [9.17, 15) is 14.4 Å². The number of hydrogen-bond acceptors (Lipinski definition) is 5. The summed E-state index contributed by atoms with van der Waals surface area (Å²) in [6.07, 6.45) is 0.540. The summed E-state index contributed by atoms with van der Waals surface area (Å²) in [6, 6.07) is 11.6. The number of ether oxygens (including phenoxy) is 1. The molecule has 0 saturated carbocycles. The van der Waals surface area contributed by atoms with Crippen LogP contribution in [0.1, 0.15) is 52.6 Å². The van der Waals surface area contributed by atoms with Gasteiger partial charge in [0, 0.05) is 28.9 Å². The van der Waals surface area contributed by atoms with E-state index in [2.05, 4.69) is 5.32 Å². The summed E-state index contributed by atoms with van der Waals surface area (Å²) < 4.78 is 5.30. The van der Waals surface area contributed by atoms with E-state index in [1.165, 1.54) is 4.90 Å². The molecule has 0 bridgehead atoms. The van der Waals surface area contributed by atoms with Gasteiger partial charge in [0.2, 0.25) is 0 Å². The summed E-state index contributed by atoms with van der Waals surface area (Å²) in [7, 11) is 0. The fourth-order valence-corrected chi connectivity index (χ4v) is 3.29. The van der Waals surface area contributed by atoms with Crippen molar-refractivity contribution in [2.75, 3.05) is 18.4 Å². The molecule has 8 nitrogen and oxygen atoms in total. The molecule has 4 N–H and O–H groups in total. The molecule has 2 aromatic carbocycles. The summed E-state index contributed by atoms with van der Waals surface area (Å²) in [5.74, 6) is -1.05. The Morgan fingerprint density at radius 2 is 1.77 bits per heavy atom. The average molecular weight is 422 g/mol. The lowest BCUT2D eigenvalue weighted by Gasteiger charge is -2.29. The van der Waals surface area contributed by atoms with Crippen LogP contribution in [0.25, 0.3) is 0 Å². The Balaban J connectivity index is 1.68. The zero-order valence-electron chi connectivity index (χ0n) is 17.8. The predicted octanol–water partition coefficient (Wildman–Crippen LogP) is 2.56. The van der Waals surface area contributed by atoms with Crippen LogP contribution in [0, 0.1) is 5.41 Å². The second kappa shape index (κ2) is 8.59. The first-order valence-corrected chi connectivity index (χ1v) is 9.93. The highest BCUT2D eigenvalue weighted by molar-refractivity contribution is 6.06. The van der Waals surface area contributed by atoms with Crippen molar-refractivity contribution in [2.24, 2.45) is 5.73 Å². The highest BCUT2D eigenvalue weighted by atomic mass is 16.6. The number of carbonyl (C=O) groups excluding carboxylic acids is 3. The summed E-state index contributed by atoms with van der Waals surface area (Å²) in [5, 5.41) is 10.2. The Morgan fingerprint density at radius 1 is 1.13 bits per heavy atom. The number of esters is 1. The number of nitrogen functional groups attached to an aromatic ring is 1. The number of nitrogens with zero attached hydrogens (tertiary/aromatic N) is 1. The van der Waals surface area contributed by atoms with Crippen molar-refractivity contribution < 1.29 is 19.1 Å². The van der Waals surface area contributed by atoms with Crippen molar-refractivity contribution >= 4 is 29.3 Å². The Labute approximate surface area is 180 Å². The van der Waals surface area contributed by atoms with Gasteiger partial charge >= 0.3 is 5.97 Å². The quantitative estimate of drug-likeness (QED) is 0.388. The Morgan fingerprint density at radius 3 is 2.39 bits per heavy atom. The van der Waals surface area contributed by atoms with Gasteiger partial charge in [-0.15, -0.1) is 0 Å². The molecule has 1 aliphatic heterocycles. The topological polar surface area (TPSA) is 126 Å². The third-order valence-electron chi connectivity index (χ3n) is 4.73. The maximum absolute atomic E-state index is 12.8. The summed E-state index contributed by atoms with van der Waals surface area (Å²) in [4.78, 5) is 38.9. The van der Waals surface area contributed by atoms with Gasteiger partial charge in [-0.25, -0.2) is 0 Å². The zero-order chi connectivity index (χ0) is 22.8. The molecule has 0 saturated heterocycles. The minimum absolute atomic E-state index is 0.0436. The first-order chi connectivity index (χ1) is 14.5. The van der Waals surface area contributed by atoms with Crippen LogP contribution < -0.4 is 11.1 Å². The highest BCUT2D eigenvalue weighted by Crippen LogP contribution is 2.22. The maximum Gasteiger partial charge on any atom is 0.326 e. The number of amides is 2. The molecular formula is C23H26N4O4. The number of carbonyl (C=O) groups is 3. The smallest absolute Gasteiger partial charge is 0.326 e. The first-order valence-electron chi connectivity index (χ1n) is 9.93. The van der Waals surface area contributed by atoms with Crippen LogP contribution >= 0.6 is 0 Å². The molecule has 0 spiro atoms. The van der Waals surface area contributed by atoms with Crippen molar-refractivity contribution in [1.29, 1.82) is 5.41 Å². The van der Waals surface area contributed by atoms with Gasteiger partial charge in [0.15, 0.2) is 0 Å². The molecule has 8 heteroatoms. The van der Waals surface area contributed by atoms with E-state index in [1.54, 1.807) is 63.2 Å². The third kappa shape index (κ3) is 5.48. The highest BCUT2D eigenvalue weighted by Gasteiger charge is 2.28. The van der Waals surface area contributed by atoms with Crippen LogP contribution in [0.3, 0.4) is 0 Å². The van der Waals surface area contributed by atoms with E-state index in [0.29, 0.717) is 35.3 Å². The first kappa shape index (κ1) is 22.0. The molecule has 0 fully saturated rings. The Hall–Kier alpha value is -3.68. The van der Waals surface area contributed by atoms with Gasteiger partial charge in [0.25, 0.3) is 11.8 Å². The van der Waals surface area contributed by atoms with Crippen molar-refractivity contribution in [3.8, 4) is 0 Å². The van der Waals surface area contributed by atoms with Crippen LogP contribution in [0.5, 0.6) is 0 Å². The Bertz CT molecular complexity index is 1040. The summed E-state index contributed by atoms with van der Waals surface area (Å²) in [5.41, 5.74) is 7.66. The zero-order valence-corrected chi connectivity index (χ0v) is 17.8.